The van der Waals surface area contributed by atoms with Crippen molar-refractivity contribution in [1.82, 2.24) is 15.0 Å². The molecule has 0 aliphatic rings. The van der Waals surface area contributed by atoms with Crippen molar-refractivity contribution in [3.63, 3.8) is 0 Å². The first-order valence-corrected chi connectivity index (χ1v) is 18.0. The van der Waals surface area contributed by atoms with Crippen LogP contribution in [0.2, 0.25) is 0 Å². The van der Waals surface area contributed by atoms with Gasteiger partial charge in [-0.3, -0.25) is 0 Å². The molecule has 11 rings (SSSR count). The monoisotopic (exact) mass is 691 g/mol. The number of furan rings is 2. The molecule has 0 saturated heterocycles. The lowest BCUT2D eigenvalue weighted by Crippen LogP contribution is -2.00. The number of hydrogen-bond acceptors (Lipinski definition) is 5. The lowest BCUT2D eigenvalue weighted by molar-refractivity contribution is 0.668. The van der Waals surface area contributed by atoms with E-state index in [2.05, 4.69) is 97.1 Å². The molecule has 5 heteroatoms. The summed E-state index contributed by atoms with van der Waals surface area (Å²) in [7, 11) is 0. The smallest absolute Gasteiger partial charge is 0.164 e. The summed E-state index contributed by atoms with van der Waals surface area (Å²) < 4.78 is 12.9. The van der Waals surface area contributed by atoms with Gasteiger partial charge in [0.1, 0.15) is 22.3 Å². The van der Waals surface area contributed by atoms with Gasteiger partial charge in [-0.25, -0.2) is 15.0 Å². The van der Waals surface area contributed by atoms with Crippen LogP contribution >= 0.6 is 0 Å². The third-order valence-electron chi connectivity index (χ3n) is 10.3. The molecule has 3 heterocycles. The summed E-state index contributed by atoms with van der Waals surface area (Å²) in [5.74, 6) is 1.77. The zero-order chi connectivity index (χ0) is 35.6. The van der Waals surface area contributed by atoms with Crippen LogP contribution in [0.25, 0.3) is 111 Å². The van der Waals surface area contributed by atoms with Crippen LogP contribution in [0.4, 0.5) is 0 Å². The third-order valence-corrected chi connectivity index (χ3v) is 10.3. The molecule has 0 aliphatic heterocycles. The van der Waals surface area contributed by atoms with Crippen LogP contribution < -0.4 is 0 Å². The van der Waals surface area contributed by atoms with Crippen LogP contribution in [0.5, 0.6) is 0 Å². The first kappa shape index (κ1) is 30.3. The fourth-order valence-electron chi connectivity index (χ4n) is 7.74. The van der Waals surface area contributed by atoms with Gasteiger partial charge in [-0.05, 0) is 75.5 Å². The highest BCUT2D eigenvalue weighted by Crippen LogP contribution is 2.43. The molecule has 8 aromatic carbocycles. The maximum absolute atomic E-state index is 6.59. The zero-order valence-corrected chi connectivity index (χ0v) is 28.9. The summed E-state index contributed by atoms with van der Waals surface area (Å²) in [5, 5.41) is 6.35. The molecule has 0 spiro atoms. The molecule has 11 aromatic rings. The molecule has 0 fully saturated rings. The number of aromatic nitrogens is 3. The average Bonchev–Trinajstić information content (AvgIpc) is 3.82. The van der Waals surface area contributed by atoms with Crippen LogP contribution in [0.1, 0.15) is 0 Å². The maximum Gasteiger partial charge on any atom is 0.164 e. The van der Waals surface area contributed by atoms with Crippen molar-refractivity contribution in [1.29, 1.82) is 0 Å². The summed E-state index contributed by atoms with van der Waals surface area (Å²) in [5.41, 5.74) is 10.3. The third kappa shape index (κ3) is 4.98. The molecule has 54 heavy (non-hydrogen) atoms. The highest BCUT2D eigenvalue weighted by molar-refractivity contribution is 6.16. The number of hydrogen-bond donors (Lipinski definition) is 0. The minimum Gasteiger partial charge on any atom is -0.456 e. The predicted molar refractivity (Wildman–Crippen MR) is 219 cm³/mol. The predicted octanol–water partition coefficient (Wildman–Crippen LogP) is 13.2. The van der Waals surface area contributed by atoms with Gasteiger partial charge in [0.05, 0.1) is 0 Å². The highest BCUT2D eigenvalue weighted by atomic mass is 16.3. The van der Waals surface area contributed by atoms with Crippen molar-refractivity contribution in [3.05, 3.63) is 176 Å². The largest absolute Gasteiger partial charge is 0.456 e. The van der Waals surface area contributed by atoms with E-state index < -0.39 is 0 Å². The lowest BCUT2D eigenvalue weighted by Gasteiger charge is -2.12. The normalized spacial score (nSPS) is 11.7. The van der Waals surface area contributed by atoms with Gasteiger partial charge >= 0.3 is 0 Å². The fourth-order valence-corrected chi connectivity index (χ4v) is 7.74. The van der Waals surface area contributed by atoms with E-state index >= 15 is 0 Å². The van der Waals surface area contributed by atoms with Crippen molar-refractivity contribution >= 4 is 54.6 Å². The summed E-state index contributed by atoms with van der Waals surface area (Å²) >= 11 is 0. The second-order valence-electron chi connectivity index (χ2n) is 13.6. The minimum absolute atomic E-state index is 0.569. The summed E-state index contributed by atoms with van der Waals surface area (Å²) in [6.45, 7) is 0. The average molecular weight is 692 g/mol. The van der Waals surface area contributed by atoms with Crippen molar-refractivity contribution in [2.75, 3.05) is 0 Å². The Morgan fingerprint density at radius 1 is 0.296 bits per heavy atom. The Labute approximate surface area is 309 Å². The van der Waals surface area contributed by atoms with E-state index in [9.17, 15) is 0 Å². The summed E-state index contributed by atoms with van der Waals surface area (Å²) in [4.78, 5) is 15.6. The van der Waals surface area contributed by atoms with Crippen molar-refractivity contribution in [2.45, 2.75) is 0 Å². The second-order valence-corrected chi connectivity index (χ2v) is 13.6. The second kappa shape index (κ2) is 12.1. The molecule has 0 bridgehead atoms. The molecule has 252 valence electrons. The van der Waals surface area contributed by atoms with Crippen molar-refractivity contribution < 1.29 is 8.83 Å². The summed E-state index contributed by atoms with van der Waals surface area (Å²) in [6, 6.07) is 60.4. The molecule has 0 amide bonds. The molecule has 3 aromatic heterocycles. The molecule has 5 nitrogen and oxygen atoms in total. The van der Waals surface area contributed by atoms with Gasteiger partial charge in [-0.2, -0.15) is 0 Å². The van der Waals surface area contributed by atoms with E-state index in [4.69, 9.17) is 23.8 Å². The van der Waals surface area contributed by atoms with Crippen LogP contribution in [0.3, 0.4) is 0 Å². The molecule has 0 saturated carbocycles. The molecule has 0 radical (unpaired) electrons. The first-order chi connectivity index (χ1) is 26.7. The quantitative estimate of drug-likeness (QED) is 0.180. The van der Waals surface area contributed by atoms with E-state index in [0.717, 1.165) is 88.0 Å². The van der Waals surface area contributed by atoms with E-state index in [1.807, 2.05) is 78.9 Å². The lowest BCUT2D eigenvalue weighted by atomic mass is 9.95. The van der Waals surface area contributed by atoms with Gasteiger partial charge in [0, 0.05) is 38.2 Å². The maximum atomic E-state index is 6.59. The molecule has 0 unspecified atom stereocenters. The zero-order valence-electron chi connectivity index (χ0n) is 28.9. The summed E-state index contributed by atoms with van der Waals surface area (Å²) in [6.07, 6.45) is 0. The van der Waals surface area contributed by atoms with E-state index in [1.54, 1.807) is 0 Å². The van der Waals surface area contributed by atoms with Gasteiger partial charge in [0.15, 0.2) is 17.5 Å². The number of para-hydroxylation sites is 2. The Morgan fingerprint density at radius 2 is 0.852 bits per heavy atom. The van der Waals surface area contributed by atoms with E-state index in [1.165, 1.54) is 5.56 Å². The SMILES string of the molecule is c1ccc(-c2ccc3ccc(-c4nc(-c5ccccc5)nc(-c5cc(-c6cccc7oc8ccccc8c67)cc6oc7ccccc7c56)n4)cc3c2)cc1. The molecule has 0 aliphatic carbocycles. The van der Waals surface area contributed by atoms with Crippen molar-refractivity contribution in [2.24, 2.45) is 0 Å². The van der Waals surface area contributed by atoms with Crippen LogP contribution in [-0.4, -0.2) is 15.0 Å². The topological polar surface area (TPSA) is 65.0 Å². The Hall–Kier alpha value is -7.37. The first-order valence-electron chi connectivity index (χ1n) is 18.0. The standard InChI is InChI=1S/C49H29N3O2/c1-3-12-30(13-4-1)33-24-22-31-23-25-34(27-35(31)26-33)48-50-47(32-14-5-2-6-15-32)51-49(52-48)40-28-36(29-44-46(40)39-17-8-10-20-42(39)54-44)37-18-11-21-43-45(37)38-16-7-9-19-41(38)53-43/h1-29H. The minimum atomic E-state index is 0.569. The van der Waals surface area contributed by atoms with Crippen LogP contribution in [0.15, 0.2) is 185 Å². The molecular formula is C49H29N3O2. The Morgan fingerprint density at radius 3 is 1.59 bits per heavy atom. The number of rotatable bonds is 5. The van der Waals surface area contributed by atoms with Crippen LogP contribution in [-0.2, 0) is 0 Å². The van der Waals surface area contributed by atoms with Gasteiger partial charge in [0.2, 0.25) is 0 Å². The number of benzene rings is 8. The Bertz CT molecular complexity index is 3220. The van der Waals surface area contributed by atoms with Gasteiger partial charge in [-0.1, -0.05) is 133 Å². The number of fused-ring (bicyclic) bond motifs is 7. The van der Waals surface area contributed by atoms with Gasteiger partial charge < -0.3 is 8.83 Å². The van der Waals surface area contributed by atoms with E-state index in [-0.39, 0.29) is 0 Å². The van der Waals surface area contributed by atoms with Gasteiger partial charge in [0.25, 0.3) is 0 Å². The van der Waals surface area contributed by atoms with Crippen LogP contribution in [0, 0.1) is 0 Å². The molecule has 0 N–H and O–H groups in total. The number of nitrogens with zero attached hydrogens (tertiary/aromatic N) is 3. The van der Waals surface area contributed by atoms with E-state index in [0.29, 0.717) is 17.5 Å². The molecular weight excluding hydrogens is 663 g/mol. The van der Waals surface area contributed by atoms with Gasteiger partial charge in [-0.15, -0.1) is 0 Å². The molecule has 0 atom stereocenters. The highest BCUT2D eigenvalue weighted by Gasteiger charge is 2.21. The fraction of sp³-hybridized carbons (Fsp3) is 0. The van der Waals surface area contributed by atoms with Crippen molar-refractivity contribution in [3.8, 4) is 56.4 Å². The Kier molecular flexibility index (Phi) is 6.79. The Balaban J connectivity index is 1.17.